The summed E-state index contributed by atoms with van der Waals surface area (Å²) in [6, 6.07) is 0.323. The molecule has 0 aromatic rings. The fraction of sp³-hybridized carbons (Fsp3) is 0.900. The molecule has 4 heteroatoms. The van der Waals surface area contributed by atoms with E-state index in [0.717, 1.165) is 19.6 Å². The monoisotopic (exact) mass is 197 g/mol. The first-order valence-electron chi connectivity index (χ1n) is 5.53. The normalized spacial score (nSPS) is 29.9. The number of piperidine rings is 1. The van der Waals surface area contributed by atoms with Crippen LogP contribution < -0.4 is 10.7 Å². The number of amides is 1. The van der Waals surface area contributed by atoms with Gasteiger partial charge in [0.25, 0.3) is 0 Å². The summed E-state index contributed by atoms with van der Waals surface area (Å²) >= 11 is 0. The van der Waals surface area contributed by atoms with Crippen molar-refractivity contribution in [3.8, 4) is 0 Å². The lowest BCUT2D eigenvalue weighted by Gasteiger charge is -2.27. The number of hydrazine groups is 1. The highest BCUT2D eigenvalue weighted by Crippen LogP contribution is 2.16. The van der Waals surface area contributed by atoms with Gasteiger partial charge in [-0.1, -0.05) is 0 Å². The van der Waals surface area contributed by atoms with Crippen LogP contribution in [0, 0.1) is 5.92 Å². The van der Waals surface area contributed by atoms with Gasteiger partial charge in [0.1, 0.15) is 0 Å². The van der Waals surface area contributed by atoms with Gasteiger partial charge in [0.2, 0.25) is 5.91 Å². The van der Waals surface area contributed by atoms with Crippen molar-refractivity contribution < 1.29 is 4.79 Å². The second-order valence-corrected chi connectivity index (χ2v) is 4.43. The van der Waals surface area contributed by atoms with E-state index in [1.807, 2.05) is 5.01 Å². The van der Waals surface area contributed by atoms with E-state index in [1.165, 1.54) is 12.8 Å². The maximum atomic E-state index is 11.5. The Kier molecular flexibility index (Phi) is 3.03. The van der Waals surface area contributed by atoms with E-state index in [-0.39, 0.29) is 5.91 Å². The summed E-state index contributed by atoms with van der Waals surface area (Å²) < 4.78 is 0. The van der Waals surface area contributed by atoms with Crippen molar-refractivity contribution in [1.82, 2.24) is 15.8 Å². The standard InChI is InChI=1S/C10H19N3O/c1-8-6-10(14)13(12-8)7-9-2-4-11-5-3-9/h8-9,11-12H,2-7H2,1H3. The molecule has 2 aliphatic rings. The highest BCUT2D eigenvalue weighted by Gasteiger charge is 2.28. The molecular formula is C10H19N3O. The van der Waals surface area contributed by atoms with Gasteiger partial charge in [-0.2, -0.15) is 0 Å². The molecule has 0 aromatic heterocycles. The molecule has 1 atom stereocenters. The van der Waals surface area contributed by atoms with Crippen LogP contribution in [-0.2, 0) is 4.79 Å². The molecule has 0 radical (unpaired) electrons. The summed E-state index contributed by atoms with van der Waals surface area (Å²) in [4.78, 5) is 11.5. The molecule has 0 saturated carbocycles. The van der Waals surface area contributed by atoms with Crippen molar-refractivity contribution >= 4 is 5.91 Å². The lowest BCUT2D eigenvalue weighted by molar-refractivity contribution is -0.130. The molecular weight excluding hydrogens is 178 g/mol. The van der Waals surface area contributed by atoms with Crippen LogP contribution in [0.2, 0.25) is 0 Å². The minimum Gasteiger partial charge on any atom is -0.317 e. The Morgan fingerprint density at radius 3 is 2.71 bits per heavy atom. The zero-order valence-corrected chi connectivity index (χ0v) is 8.75. The maximum Gasteiger partial charge on any atom is 0.238 e. The van der Waals surface area contributed by atoms with Gasteiger partial charge in [-0.15, -0.1) is 0 Å². The first-order valence-corrected chi connectivity index (χ1v) is 5.53. The van der Waals surface area contributed by atoms with Gasteiger partial charge in [-0.25, -0.2) is 5.43 Å². The number of carbonyl (C=O) groups excluding carboxylic acids is 1. The molecule has 0 spiro atoms. The third-order valence-electron chi connectivity index (χ3n) is 3.06. The number of rotatable bonds is 2. The van der Waals surface area contributed by atoms with E-state index >= 15 is 0 Å². The highest BCUT2D eigenvalue weighted by atomic mass is 16.2. The summed E-state index contributed by atoms with van der Waals surface area (Å²) in [6.07, 6.45) is 3.05. The first-order chi connectivity index (χ1) is 6.75. The summed E-state index contributed by atoms with van der Waals surface area (Å²) in [5.41, 5.74) is 3.21. The molecule has 80 valence electrons. The van der Waals surface area contributed by atoms with Gasteiger partial charge in [-0.05, 0) is 38.8 Å². The lowest BCUT2D eigenvalue weighted by Crippen LogP contribution is -2.42. The molecule has 0 aromatic carbocycles. The predicted octanol–water partition coefficient (Wildman–Crippen LogP) is 0.111. The Bertz CT molecular complexity index is 213. The molecule has 2 fully saturated rings. The molecule has 4 nitrogen and oxygen atoms in total. The number of nitrogens with one attached hydrogen (secondary N) is 2. The number of nitrogens with zero attached hydrogens (tertiary/aromatic N) is 1. The van der Waals surface area contributed by atoms with Crippen molar-refractivity contribution in [2.75, 3.05) is 19.6 Å². The molecule has 2 saturated heterocycles. The molecule has 14 heavy (non-hydrogen) atoms. The largest absolute Gasteiger partial charge is 0.317 e. The average Bonchev–Trinajstić information content (AvgIpc) is 2.47. The molecule has 1 amide bonds. The zero-order chi connectivity index (χ0) is 9.97. The third-order valence-corrected chi connectivity index (χ3v) is 3.06. The van der Waals surface area contributed by atoms with Gasteiger partial charge in [0.05, 0.1) is 0 Å². The van der Waals surface area contributed by atoms with E-state index in [2.05, 4.69) is 17.7 Å². The molecule has 2 N–H and O–H groups in total. The van der Waals surface area contributed by atoms with Crippen molar-refractivity contribution in [1.29, 1.82) is 0 Å². The van der Waals surface area contributed by atoms with Gasteiger partial charge in [0.15, 0.2) is 0 Å². The van der Waals surface area contributed by atoms with Crippen LogP contribution in [0.4, 0.5) is 0 Å². The molecule has 2 rings (SSSR count). The highest BCUT2D eigenvalue weighted by molar-refractivity contribution is 5.78. The Morgan fingerprint density at radius 2 is 2.14 bits per heavy atom. The minimum absolute atomic E-state index is 0.260. The van der Waals surface area contributed by atoms with Crippen LogP contribution in [-0.4, -0.2) is 36.6 Å². The van der Waals surface area contributed by atoms with E-state index < -0.39 is 0 Å². The van der Waals surface area contributed by atoms with E-state index in [4.69, 9.17) is 0 Å². The van der Waals surface area contributed by atoms with Crippen LogP contribution in [0.15, 0.2) is 0 Å². The summed E-state index contributed by atoms with van der Waals surface area (Å²) in [5.74, 6) is 0.939. The molecule has 2 heterocycles. The van der Waals surface area contributed by atoms with E-state index in [0.29, 0.717) is 18.4 Å². The Morgan fingerprint density at radius 1 is 1.43 bits per heavy atom. The van der Waals surface area contributed by atoms with Crippen LogP contribution in [0.1, 0.15) is 26.2 Å². The fourth-order valence-electron chi connectivity index (χ4n) is 2.23. The van der Waals surface area contributed by atoms with Crippen molar-refractivity contribution in [2.45, 2.75) is 32.2 Å². The minimum atomic E-state index is 0.260. The topological polar surface area (TPSA) is 44.4 Å². The van der Waals surface area contributed by atoms with Crippen molar-refractivity contribution in [3.05, 3.63) is 0 Å². The van der Waals surface area contributed by atoms with Crippen LogP contribution in [0.25, 0.3) is 0 Å². The molecule has 0 bridgehead atoms. The summed E-state index contributed by atoms with van der Waals surface area (Å²) in [6.45, 7) is 5.15. The molecule has 1 unspecified atom stereocenters. The van der Waals surface area contributed by atoms with Crippen molar-refractivity contribution in [3.63, 3.8) is 0 Å². The van der Waals surface area contributed by atoms with Crippen LogP contribution >= 0.6 is 0 Å². The van der Waals surface area contributed by atoms with Gasteiger partial charge in [0, 0.05) is 19.0 Å². The number of carbonyl (C=O) groups is 1. The third kappa shape index (κ3) is 2.25. The van der Waals surface area contributed by atoms with Crippen LogP contribution in [0.5, 0.6) is 0 Å². The number of hydrogen-bond acceptors (Lipinski definition) is 3. The fourth-order valence-corrected chi connectivity index (χ4v) is 2.23. The summed E-state index contributed by atoms with van der Waals surface area (Å²) in [5, 5.41) is 5.16. The molecule has 2 aliphatic heterocycles. The Balaban J connectivity index is 1.81. The molecule has 0 aliphatic carbocycles. The van der Waals surface area contributed by atoms with Gasteiger partial charge >= 0.3 is 0 Å². The maximum absolute atomic E-state index is 11.5. The van der Waals surface area contributed by atoms with Gasteiger partial charge in [-0.3, -0.25) is 9.80 Å². The SMILES string of the molecule is CC1CC(=O)N(CC2CCNCC2)N1. The van der Waals surface area contributed by atoms with Crippen LogP contribution in [0.3, 0.4) is 0 Å². The zero-order valence-electron chi connectivity index (χ0n) is 8.75. The number of hydrogen-bond donors (Lipinski definition) is 2. The van der Waals surface area contributed by atoms with E-state index in [9.17, 15) is 4.79 Å². The lowest BCUT2D eigenvalue weighted by atomic mass is 9.98. The average molecular weight is 197 g/mol. The quantitative estimate of drug-likeness (QED) is 0.660. The second-order valence-electron chi connectivity index (χ2n) is 4.43. The van der Waals surface area contributed by atoms with Crippen molar-refractivity contribution in [2.24, 2.45) is 5.92 Å². The Hall–Kier alpha value is -0.610. The van der Waals surface area contributed by atoms with Gasteiger partial charge < -0.3 is 5.32 Å². The smallest absolute Gasteiger partial charge is 0.238 e. The Labute approximate surface area is 85.0 Å². The first kappa shape index (κ1) is 9.93. The second kappa shape index (κ2) is 4.28. The predicted molar refractivity (Wildman–Crippen MR) is 54.5 cm³/mol. The summed E-state index contributed by atoms with van der Waals surface area (Å²) in [7, 11) is 0. The van der Waals surface area contributed by atoms with E-state index in [1.54, 1.807) is 0 Å².